The molecule has 0 aliphatic rings. The van der Waals surface area contributed by atoms with Crippen molar-refractivity contribution < 1.29 is 9.59 Å². The Labute approximate surface area is 144 Å². The molecule has 6 heteroatoms. The quantitative estimate of drug-likeness (QED) is 0.786. The number of amides is 2. The highest BCUT2D eigenvalue weighted by atomic mass is 35.5. The van der Waals surface area contributed by atoms with E-state index in [2.05, 4.69) is 10.6 Å². The third-order valence-corrected chi connectivity index (χ3v) is 3.86. The lowest BCUT2D eigenvalue weighted by molar-refractivity contribution is -0.120. The Morgan fingerprint density at radius 2 is 1.57 bits per heavy atom. The van der Waals surface area contributed by atoms with Gasteiger partial charge in [-0.15, -0.1) is 0 Å². The van der Waals surface area contributed by atoms with Crippen LogP contribution in [0.5, 0.6) is 0 Å². The molecule has 2 aromatic carbocycles. The molecule has 0 aromatic heterocycles. The number of benzene rings is 2. The van der Waals surface area contributed by atoms with Crippen LogP contribution in [0.1, 0.15) is 15.9 Å². The number of nitrogens with one attached hydrogen (secondary N) is 2. The van der Waals surface area contributed by atoms with Crippen molar-refractivity contribution in [3.63, 3.8) is 0 Å². The van der Waals surface area contributed by atoms with E-state index < -0.39 is 0 Å². The standard InChI is InChI=1S/C17H16Cl2N2O2/c18-14-7-6-12(10-15(14)19)11-16(22)20-8-9-21-17(23)13-4-2-1-3-5-13/h1-7,10H,8-9,11H2,(H,20,22)(H,21,23). The molecule has 0 fully saturated rings. The summed E-state index contributed by atoms with van der Waals surface area (Å²) >= 11 is 11.7. The Bertz CT molecular complexity index is 690. The molecule has 2 rings (SSSR count). The molecular formula is C17H16Cl2N2O2. The first-order valence-electron chi connectivity index (χ1n) is 7.10. The van der Waals surface area contributed by atoms with Crippen LogP contribution in [0.4, 0.5) is 0 Å². The first-order chi connectivity index (χ1) is 11.1. The van der Waals surface area contributed by atoms with Crippen molar-refractivity contribution in [1.29, 1.82) is 0 Å². The monoisotopic (exact) mass is 350 g/mol. The van der Waals surface area contributed by atoms with Gasteiger partial charge >= 0.3 is 0 Å². The van der Waals surface area contributed by atoms with Gasteiger partial charge in [-0.1, -0.05) is 47.5 Å². The highest BCUT2D eigenvalue weighted by Crippen LogP contribution is 2.22. The Morgan fingerprint density at radius 3 is 2.26 bits per heavy atom. The summed E-state index contributed by atoms with van der Waals surface area (Å²) in [5, 5.41) is 6.37. The lowest BCUT2D eigenvalue weighted by Gasteiger charge is -2.08. The van der Waals surface area contributed by atoms with Crippen molar-refractivity contribution in [3.05, 3.63) is 69.7 Å². The summed E-state index contributed by atoms with van der Waals surface area (Å²) in [6.07, 6.45) is 0.212. The molecule has 0 radical (unpaired) electrons. The van der Waals surface area contributed by atoms with Gasteiger partial charge in [0.15, 0.2) is 0 Å². The van der Waals surface area contributed by atoms with Gasteiger partial charge in [-0.05, 0) is 29.8 Å². The summed E-state index contributed by atoms with van der Waals surface area (Å²) in [6.45, 7) is 0.722. The van der Waals surface area contributed by atoms with Crippen molar-refractivity contribution in [2.75, 3.05) is 13.1 Å². The maximum absolute atomic E-state index is 11.8. The van der Waals surface area contributed by atoms with Crippen LogP contribution in [-0.4, -0.2) is 24.9 Å². The highest BCUT2D eigenvalue weighted by Gasteiger charge is 2.06. The molecule has 2 amide bonds. The summed E-state index contributed by atoms with van der Waals surface area (Å²) in [6, 6.07) is 14.0. The SMILES string of the molecule is O=C(Cc1ccc(Cl)c(Cl)c1)NCCNC(=O)c1ccccc1. The van der Waals surface area contributed by atoms with E-state index in [9.17, 15) is 9.59 Å². The van der Waals surface area contributed by atoms with Gasteiger partial charge in [-0.25, -0.2) is 0 Å². The van der Waals surface area contributed by atoms with Crippen molar-refractivity contribution in [3.8, 4) is 0 Å². The Morgan fingerprint density at radius 1 is 0.870 bits per heavy atom. The second-order valence-electron chi connectivity index (χ2n) is 4.90. The molecule has 2 N–H and O–H groups in total. The summed E-state index contributed by atoms with van der Waals surface area (Å²) in [7, 11) is 0. The van der Waals surface area contributed by atoms with E-state index in [-0.39, 0.29) is 18.2 Å². The maximum Gasteiger partial charge on any atom is 0.251 e. The van der Waals surface area contributed by atoms with E-state index in [1.54, 1.807) is 42.5 Å². The normalized spacial score (nSPS) is 10.2. The van der Waals surface area contributed by atoms with E-state index in [4.69, 9.17) is 23.2 Å². The predicted octanol–water partition coefficient (Wildman–Crippen LogP) is 3.08. The Kier molecular flexibility index (Phi) is 6.44. The summed E-state index contributed by atoms with van der Waals surface area (Å²) < 4.78 is 0. The summed E-state index contributed by atoms with van der Waals surface area (Å²) in [4.78, 5) is 23.6. The number of carbonyl (C=O) groups is 2. The zero-order valence-corrected chi connectivity index (χ0v) is 13.8. The minimum atomic E-state index is -0.163. The summed E-state index contributed by atoms with van der Waals surface area (Å²) in [5.41, 5.74) is 1.37. The van der Waals surface area contributed by atoms with Crippen LogP contribution in [-0.2, 0) is 11.2 Å². The average molecular weight is 351 g/mol. The molecule has 0 aliphatic heterocycles. The van der Waals surface area contributed by atoms with Gasteiger partial charge < -0.3 is 10.6 Å². The molecule has 0 spiro atoms. The predicted molar refractivity (Wildman–Crippen MR) is 92.0 cm³/mol. The zero-order chi connectivity index (χ0) is 16.7. The third-order valence-electron chi connectivity index (χ3n) is 3.12. The molecule has 0 atom stereocenters. The fourth-order valence-corrected chi connectivity index (χ4v) is 2.29. The maximum atomic E-state index is 11.8. The Balaban J connectivity index is 1.70. The average Bonchev–Trinajstić information content (AvgIpc) is 2.55. The van der Waals surface area contributed by atoms with Crippen molar-refractivity contribution in [2.45, 2.75) is 6.42 Å². The lowest BCUT2D eigenvalue weighted by atomic mass is 10.1. The number of rotatable bonds is 6. The van der Waals surface area contributed by atoms with Crippen molar-refractivity contribution >= 4 is 35.0 Å². The first-order valence-corrected chi connectivity index (χ1v) is 7.86. The number of carbonyl (C=O) groups excluding carboxylic acids is 2. The van der Waals surface area contributed by atoms with Gasteiger partial charge in [0, 0.05) is 18.7 Å². The zero-order valence-electron chi connectivity index (χ0n) is 12.3. The van der Waals surface area contributed by atoms with Gasteiger partial charge in [-0.3, -0.25) is 9.59 Å². The molecule has 23 heavy (non-hydrogen) atoms. The second kappa shape index (κ2) is 8.56. The van der Waals surface area contributed by atoms with E-state index in [0.717, 1.165) is 5.56 Å². The third kappa shape index (κ3) is 5.58. The number of halogens is 2. The number of hydrogen-bond acceptors (Lipinski definition) is 2. The molecule has 0 unspecified atom stereocenters. The smallest absolute Gasteiger partial charge is 0.251 e. The van der Waals surface area contributed by atoms with Gasteiger partial charge in [0.1, 0.15) is 0 Å². The van der Waals surface area contributed by atoms with Crippen molar-refractivity contribution in [1.82, 2.24) is 10.6 Å². The largest absolute Gasteiger partial charge is 0.354 e. The highest BCUT2D eigenvalue weighted by molar-refractivity contribution is 6.42. The van der Waals surface area contributed by atoms with E-state index in [1.165, 1.54) is 0 Å². The lowest BCUT2D eigenvalue weighted by Crippen LogP contribution is -2.35. The Hall–Kier alpha value is -2.04. The fraction of sp³-hybridized carbons (Fsp3) is 0.176. The molecule has 4 nitrogen and oxygen atoms in total. The van der Waals surface area contributed by atoms with E-state index in [1.807, 2.05) is 6.07 Å². The fourth-order valence-electron chi connectivity index (χ4n) is 1.97. The summed E-state index contributed by atoms with van der Waals surface area (Å²) in [5.74, 6) is -0.304. The van der Waals surface area contributed by atoms with Crippen LogP contribution in [0.3, 0.4) is 0 Å². The van der Waals surface area contributed by atoms with Gasteiger partial charge in [-0.2, -0.15) is 0 Å². The topological polar surface area (TPSA) is 58.2 Å². The second-order valence-corrected chi connectivity index (χ2v) is 5.71. The minimum absolute atomic E-state index is 0.141. The number of hydrogen-bond donors (Lipinski definition) is 2. The van der Waals surface area contributed by atoms with Crippen LogP contribution in [0.25, 0.3) is 0 Å². The first kappa shape index (κ1) is 17.3. The van der Waals surface area contributed by atoms with Gasteiger partial charge in [0.05, 0.1) is 16.5 Å². The van der Waals surface area contributed by atoms with E-state index >= 15 is 0 Å². The van der Waals surface area contributed by atoms with Crippen molar-refractivity contribution in [2.24, 2.45) is 0 Å². The van der Waals surface area contributed by atoms with Crippen LogP contribution in [0.15, 0.2) is 48.5 Å². The molecular weight excluding hydrogens is 335 g/mol. The van der Waals surface area contributed by atoms with Crippen LogP contribution in [0, 0.1) is 0 Å². The molecule has 0 bridgehead atoms. The molecule has 2 aromatic rings. The molecule has 0 saturated carbocycles. The minimum Gasteiger partial charge on any atom is -0.354 e. The van der Waals surface area contributed by atoms with Gasteiger partial charge in [0.2, 0.25) is 5.91 Å². The molecule has 120 valence electrons. The molecule has 0 heterocycles. The molecule has 0 aliphatic carbocycles. The van der Waals surface area contributed by atoms with Crippen LogP contribution < -0.4 is 10.6 Å². The van der Waals surface area contributed by atoms with E-state index in [0.29, 0.717) is 28.7 Å². The van der Waals surface area contributed by atoms with Crippen LogP contribution in [0.2, 0.25) is 10.0 Å². The molecule has 0 saturated heterocycles. The van der Waals surface area contributed by atoms with Crippen LogP contribution >= 0.6 is 23.2 Å². The van der Waals surface area contributed by atoms with Gasteiger partial charge in [0.25, 0.3) is 5.91 Å².